The quantitative estimate of drug-likeness (QED) is 0.760. The van der Waals surface area contributed by atoms with Crippen LogP contribution in [0.4, 0.5) is 0 Å². The first-order valence-electron chi connectivity index (χ1n) is 8.23. The molecule has 1 heterocycles. The first-order valence-corrected chi connectivity index (χ1v) is 8.23. The third-order valence-corrected chi connectivity index (χ3v) is 3.70. The van der Waals surface area contributed by atoms with E-state index in [4.69, 9.17) is 14.7 Å². The zero-order valence-electron chi connectivity index (χ0n) is 14.5. The van der Waals surface area contributed by atoms with Crippen molar-refractivity contribution in [2.75, 3.05) is 20.2 Å². The van der Waals surface area contributed by atoms with Crippen LogP contribution in [0.1, 0.15) is 63.5 Å². The Morgan fingerprint density at radius 2 is 1.62 bits per heavy atom. The van der Waals surface area contributed by atoms with E-state index in [1.165, 1.54) is 17.0 Å². The van der Waals surface area contributed by atoms with Gasteiger partial charge >= 0.3 is 0 Å². The van der Waals surface area contributed by atoms with Crippen LogP contribution in [-0.2, 0) is 24.0 Å². The topological polar surface area (TPSA) is 47.0 Å². The van der Waals surface area contributed by atoms with E-state index in [-0.39, 0.29) is 6.10 Å². The van der Waals surface area contributed by atoms with Crippen LogP contribution < -0.4 is 5.32 Å². The minimum Gasteiger partial charge on any atom is -0.370 e. The second-order valence-corrected chi connectivity index (χ2v) is 5.63. The number of nitrogens with one attached hydrogen (secondary N) is 1. The van der Waals surface area contributed by atoms with Crippen molar-refractivity contribution in [3.8, 4) is 0 Å². The van der Waals surface area contributed by atoms with Crippen LogP contribution in [0.15, 0.2) is 0 Å². The molecule has 1 aromatic rings. The second-order valence-electron chi connectivity index (χ2n) is 5.63. The molecule has 1 aromatic heterocycles. The predicted octanol–water partition coefficient (Wildman–Crippen LogP) is 3.10. The van der Waals surface area contributed by atoms with Crippen molar-refractivity contribution in [3.05, 3.63) is 22.8 Å². The summed E-state index contributed by atoms with van der Waals surface area (Å²) in [5.74, 6) is 1.23. The van der Waals surface area contributed by atoms with Gasteiger partial charge in [0.05, 0.1) is 0 Å². The summed E-state index contributed by atoms with van der Waals surface area (Å²) in [5, 5.41) is 3.21. The Morgan fingerprint density at radius 1 is 1.05 bits per heavy atom. The van der Waals surface area contributed by atoms with Gasteiger partial charge in [0, 0.05) is 18.0 Å². The van der Waals surface area contributed by atoms with E-state index in [9.17, 15) is 0 Å². The largest absolute Gasteiger partial charge is 0.370 e. The average molecular weight is 293 g/mol. The van der Waals surface area contributed by atoms with Gasteiger partial charge in [0.15, 0.2) is 5.82 Å². The Kier molecular flexibility index (Phi) is 7.83. The summed E-state index contributed by atoms with van der Waals surface area (Å²) in [4.78, 5) is 9.66. The highest BCUT2D eigenvalue weighted by Gasteiger charge is 2.22. The summed E-state index contributed by atoms with van der Waals surface area (Å²) >= 11 is 0. The maximum absolute atomic E-state index is 5.87. The summed E-state index contributed by atoms with van der Waals surface area (Å²) in [5.41, 5.74) is 3.67. The van der Waals surface area contributed by atoms with Crippen molar-refractivity contribution in [2.45, 2.75) is 60.0 Å². The van der Waals surface area contributed by atoms with Crippen LogP contribution in [0.25, 0.3) is 0 Å². The van der Waals surface area contributed by atoms with Gasteiger partial charge in [-0.25, -0.2) is 9.97 Å². The lowest BCUT2D eigenvalue weighted by Crippen LogP contribution is -2.20. The van der Waals surface area contributed by atoms with E-state index in [1.54, 1.807) is 0 Å². The van der Waals surface area contributed by atoms with Gasteiger partial charge < -0.3 is 10.1 Å². The molecule has 120 valence electrons. The van der Waals surface area contributed by atoms with Crippen molar-refractivity contribution in [1.29, 1.82) is 0 Å². The van der Waals surface area contributed by atoms with Gasteiger partial charge in [0.25, 0.3) is 0 Å². The predicted molar refractivity (Wildman–Crippen MR) is 87.6 cm³/mol. The Bertz CT molecular complexity index is 407. The van der Waals surface area contributed by atoms with E-state index < -0.39 is 0 Å². The van der Waals surface area contributed by atoms with Crippen molar-refractivity contribution in [1.82, 2.24) is 15.3 Å². The molecule has 21 heavy (non-hydrogen) atoms. The standard InChI is InChI=1S/C17H31N3O/c1-7-14-13(10-11-18-6)15(8-2)20-17(19-14)16(12(4)5)21-9-3/h12,16,18H,7-11H2,1-6H3. The van der Waals surface area contributed by atoms with Crippen LogP contribution >= 0.6 is 0 Å². The lowest BCUT2D eigenvalue weighted by Gasteiger charge is -2.22. The van der Waals surface area contributed by atoms with Gasteiger partial charge in [-0.3, -0.25) is 0 Å². The molecule has 1 rings (SSSR count). The van der Waals surface area contributed by atoms with E-state index in [1.807, 2.05) is 14.0 Å². The number of aryl methyl sites for hydroxylation is 2. The first kappa shape index (κ1) is 18.1. The molecule has 0 saturated heterocycles. The van der Waals surface area contributed by atoms with E-state index in [0.717, 1.165) is 31.6 Å². The van der Waals surface area contributed by atoms with Gasteiger partial charge in [-0.2, -0.15) is 0 Å². The number of rotatable bonds is 9. The van der Waals surface area contributed by atoms with Crippen molar-refractivity contribution in [3.63, 3.8) is 0 Å². The molecule has 0 aliphatic rings. The maximum Gasteiger partial charge on any atom is 0.157 e. The first-order chi connectivity index (χ1) is 10.1. The van der Waals surface area contributed by atoms with Gasteiger partial charge in [-0.15, -0.1) is 0 Å². The monoisotopic (exact) mass is 293 g/mol. The fourth-order valence-corrected chi connectivity index (χ4v) is 2.60. The molecule has 1 N–H and O–H groups in total. The number of likely N-dealkylation sites (N-methyl/N-ethyl adjacent to an activating group) is 1. The van der Waals surface area contributed by atoms with Crippen molar-refractivity contribution >= 4 is 0 Å². The summed E-state index contributed by atoms with van der Waals surface area (Å²) in [6.07, 6.45) is 2.87. The third-order valence-electron chi connectivity index (χ3n) is 3.70. The maximum atomic E-state index is 5.87. The van der Waals surface area contributed by atoms with E-state index >= 15 is 0 Å². The third kappa shape index (κ3) is 4.75. The summed E-state index contributed by atoms with van der Waals surface area (Å²) in [6.45, 7) is 12.3. The highest BCUT2D eigenvalue weighted by molar-refractivity contribution is 5.27. The number of ether oxygens (including phenoxy) is 1. The molecule has 1 atom stereocenters. The van der Waals surface area contributed by atoms with Crippen molar-refractivity contribution in [2.24, 2.45) is 5.92 Å². The lowest BCUT2D eigenvalue weighted by atomic mass is 10.0. The van der Waals surface area contributed by atoms with Crippen LogP contribution in [-0.4, -0.2) is 30.2 Å². The van der Waals surface area contributed by atoms with Crippen LogP contribution in [0.2, 0.25) is 0 Å². The molecular weight excluding hydrogens is 262 g/mol. The fourth-order valence-electron chi connectivity index (χ4n) is 2.60. The lowest BCUT2D eigenvalue weighted by molar-refractivity contribution is 0.0229. The summed E-state index contributed by atoms with van der Waals surface area (Å²) in [7, 11) is 1.98. The molecule has 0 aliphatic carbocycles. The molecular formula is C17H31N3O. The van der Waals surface area contributed by atoms with Gasteiger partial charge in [-0.05, 0) is 51.3 Å². The molecule has 0 saturated carbocycles. The van der Waals surface area contributed by atoms with E-state index in [2.05, 4.69) is 33.0 Å². The molecule has 0 radical (unpaired) electrons. The minimum absolute atomic E-state index is 0.0102. The zero-order chi connectivity index (χ0) is 15.8. The Balaban J connectivity index is 3.23. The molecule has 0 spiro atoms. The molecule has 4 nitrogen and oxygen atoms in total. The van der Waals surface area contributed by atoms with Gasteiger partial charge in [0.2, 0.25) is 0 Å². The Labute approximate surface area is 129 Å². The molecule has 1 unspecified atom stereocenters. The SMILES string of the molecule is CCOC(c1nc(CC)c(CCNC)c(CC)n1)C(C)C. The smallest absolute Gasteiger partial charge is 0.157 e. The van der Waals surface area contributed by atoms with Crippen LogP contribution in [0.3, 0.4) is 0 Å². The molecule has 0 aromatic carbocycles. The minimum atomic E-state index is -0.0102. The molecule has 0 fully saturated rings. The van der Waals surface area contributed by atoms with E-state index in [0.29, 0.717) is 12.5 Å². The zero-order valence-corrected chi connectivity index (χ0v) is 14.5. The average Bonchev–Trinajstić information content (AvgIpc) is 2.49. The summed E-state index contributed by atoms with van der Waals surface area (Å²) < 4.78 is 5.87. The number of hydrogen-bond acceptors (Lipinski definition) is 4. The van der Waals surface area contributed by atoms with Gasteiger partial charge in [0.1, 0.15) is 6.10 Å². The molecule has 0 amide bonds. The Hall–Kier alpha value is -1.00. The highest BCUT2D eigenvalue weighted by Crippen LogP contribution is 2.25. The molecule has 0 bridgehead atoms. The fraction of sp³-hybridized carbons (Fsp3) is 0.765. The number of hydrogen-bond donors (Lipinski definition) is 1. The Morgan fingerprint density at radius 3 is 2.00 bits per heavy atom. The highest BCUT2D eigenvalue weighted by atomic mass is 16.5. The second kappa shape index (κ2) is 9.11. The molecule has 4 heteroatoms. The van der Waals surface area contributed by atoms with Crippen LogP contribution in [0, 0.1) is 5.92 Å². The van der Waals surface area contributed by atoms with Gasteiger partial charge in [-0.1, -0.05) is 27.7 Å². The summed E-state index contributed by atoms with van der Waals surface area (Å²) in [6, 6.07) is 0. The van der Waals surface area contributed by atoms with Crippen LogP contribution in [0.5, 0.6) is 0 Å². The normalized spacial score (nSPS) is 12.9. The number of aromatic nitrogens is 2. The van der Waals surface area contributed by atoms with Crippen molar-refractivity contribution < 1.29 is 4.74 Å². The molecule has 0 aliphatic heterocycles. The number of nitrogens with zero attached hydrogens (tertiary/aromatic N) is 2.